The van der Waals surface area contributed by atoms with Crippen LogP contribution in [0.5, 0.6) is 0 Å². The van der Waals surface area contributed by atoms with E-state index in [4.69, 9.17) is 16.3 Å². The predicted molar refractivity (Wildman–Crippen MR) is 140 cm³/mol. The zero-order valence-electron chi connectivity index (χ0n) is 20.1. The van der Waals surface area contributed by atoms with Gasteiger partial charge in [-0.1, -0.05) is 22.9 Å². The number of anilines is 1. The van der Waals surface area contributed by atoms with Gasteiger partial charge in [0, 0.05) is 36.8 Å². The van der Waals surface area contributed by atoms with E-state index in [9.17, 15) is 13.2 Å². The van der Waals surface area contributed by atoms with Crippen molar-refractivity contribution in [1.82, 2.24) is 14.2 Å². The summed E-state index contributed by atoms with van der Waals surface area (Å²) in [5, 5.41) is 1.18. The molecule has 11 heteroatoms. The van der Waals surface area contributed by atoms with Crippen LogP contribution in [0.2, 0.25) is 5.02 Å². The Bertz CT molecular complexity index is 1300. The molecule has 3 aromatic rings. The quantitative estimate of drug-likeness (QED) is 0.454. The SMILES string of the molecule is C[C@@H]1CN(S(=O)(=O)c2ccc(C(=O)N(CCN(C)C)c3nc4ccc(Cl)cc4s3)cc2)C[C@@H](C)O1. The number of morpholine rings is 1. The highest BCUT2D eigenvalue weighted by Crippen LogP contribution is 2.32. The average Bonchev–Trinajstić information content (AvgIpc) is 3.21. The van der Waals surface area contributed by atoms with Gasteiger partial charge in [0.05, 0.1) is 27.3 Å². The second kappa shape index (κ2) is 10.5. The zero-order valence-corrected chi connectivity index (χ0v) is 22.5. The van der Waals surface area contributed by atoms with Crippen molar-refractivity contribution in [1.29, 1.82) is 0 Å². The van der Waals surface area contributed by atoms with E-state index in [1.165, 1.54) is 27.8 Å². The van der Waals surface area contributed by atoms with E-state index in [2.05, 4.69) is 4.98 Å². The number of rotatable bonds is 7. The topological polar surface area (TPSA) is 83.1 Å². The lowest BCUT2D eigenvalue weighted by atomic mass is 10.2. The monoisotopic (exact) mass is 536 g/mol. The van der Waals surface area contributed by atoms with Crippen LogP contribution in [0.4, 0.5) is 5.13 Å². The highest BCUT2D eigenvalue weighted by Gasteiger charge is 2.32. The molecule has 1 aliphatic heterocycles. The number of ether oxygens (including phenoxy) is 1. The molecule has 0 radical (unpaired) electrons. The van der Waals surface area contributed by atoms with Crippen LogP contribution >= 0.6 is 22.9 Å². The van der Waals surface area contributed by atoms with Crippen molar-refractivity contribution >= 4 is 54.2 Å². The van der Waals surface area contributed by atoms with Gasteiger partial charge in [0.2, 0.25) is 10.0 Å². The Hall–Kier alpha value is -2.08. The van der Waals surface area contributed by atoms with Gasteiger partial charge in [0.15, 0.2) is 5.13 Å². The molecule has 1 aromatic heterocycles. The van der Waals surface area contributed by atoms with Crippen molar-refractivity contribution in [2.45, 2.75) is 31.0 Å². The lowest BCUT2D eigenvalue weighted by molar-refractivity contribution is -0.0440. The number of carbonyl (C=O) groups is 1. The van der Waals surface area contributed by atoms with Gasteiger partial charge in [-0.2, -0.15) is 4.31 Å². The van der Waals surface area contributed by atoms with E-state index in [-0.39, 0.29) is 23.0 Å². The van der Waals surface area contributed by atoms with Crippen LogP contribution in [-0.2, 0) is 14.8 Å². The number of fused-ring (bicyclic) bond motifs is 1. The number of thiazole rings is 1. The molecular formula is C24H29ClN4O4S2. The van der Waals surface area contributed by atoms with Gasteiger partial charge in [-0.25, -0.2) is 13.4 Å². The number of benzene rings is 2. The molecule has 1 saturated heterocycles. The van der Waals surface area contributed by atoms with Gasteiger partial charge in [-0.05, 0) is 70.4 Å². The molecule has 188 valence electrons. The molecule has 0 saturated carbocycles. The van der Waals surface area contributed by atoms with Gasteiger partial charge in [0.25, 0.3) is 5.91 Å². The number of nitrogens with zero attached hydrogens (tertiary/aromatic N) is 4. The fourth-order valence-corrected chi connectivity index (χ4v) is 6.84. The molecule has 35 heavy (non-hydrogen) atoms. The van der Waals surface area contributed by atoms with Gasteiger partial charge in [-0.3, -0.25) is 9.69 Å². The number of hydrogen-bond acceptors (Lipinski definition) is 7. The molecule has 0 aliphatic carbocycles. The number of amides is 1. The van der Waals surface area contributed by atoms with E-state index >= 15 is 0 Å². The Labute approximate surface area is 215 Å². The van der Waals surface area contributed by atoms with Crippen molar-refractivity contribution in [3.63, 3.8) is 0 Å². The molecular weight excluding hydrogens is 508 g/mol. The minimum atomic E-state index is -3.69. The number of likely N-dealkylation sites (N-methyl/N-ethyl adjacent to an activating group) is 1. The third kappa shape index (κ3) is 5.84. The molecule has 1 fully saturated rings. The summed E-state index contributed by atoms with van der Waals surface area (Å²) in [5.74, 6) is -0.241. The molecule has 0 unspecified atom stereocenters. The summed E-state index contributed by atoms with van der Waals surface area (Å²) in [6, 6.07) is 11.6. The largest absolute Gasteiger partial charge is 0.373 e. The van der Waals surface area contributed by atoms with Crippen molar-refractivity contribution in [2.24, 2.45) is 0 Å². The second-order valence-corrected chi connectivity index (χ2v) is 12.4. The number of hydrogen-bond donors (Lipinski definition) is 0. The Morgan fingerprint density at radius 3 is 2.40 bits per heavy atom. The van der Waals surface area contributed by atoms with E-state index in [0.29, 0.717) is 41.9 Å². The average molecular weight is 537 g/mol. The highest BCUT2D eigenvalue weighted by atomic mass is 35.5. The molecule has 0 N–H and O–H groups in total. The Morgan fingerprint density at radius 1 is 1.11 bits per heavy atom. The minimum Gasteiger partial charge on any atom is -0.373 e. The first-order chi connectivity index (χ1) is 16.5. The number of halogens is 1. The molecule has 4 rings (SSSR count). The van der Waals surface area contributed by atoms with Crippen molar-refractivity contribution < 1.29 is 17.9 Å². The van der Waals surface area contributed by atoms with Gasteiger partial charge in [-0.15, -0.1) is 0 Å². The zero-order chi connectivity index (χ0) is 25.3. The summed E-state index contributed by atoms with van der Waals surface area (Å²) in [6.45, 7) is 5.39. The standard InChI is InChI=1S/C24H29ClN4O4S2/c1-16-14-28(15-17(2)33-16)35(31,32)20-8-5-18(6-9-20)23(30)29(12-11-27(3)4)24-26-21-10-7-19(25)13-22(21)34-24/h5-10,13,16-17H,11-12,14-15H2,1-4H3/t16-,17-/m1/s1. The fraction of sp³-hybridized carbons (Fsp3) is 0.417. The number of aromatic nitrogens is 1. The lowest BCUT2D eigenvalue weighted by Gasteiger charge is -2.34. The van der Waals surface area contributed by atoms with Crippen LogP contribution in [0, 0.1) is 0 Å². The smallest absolute Gasteiger partial charge is 0.260 e. The predicted octanol–water partition coefficient (Wildman–Crippen LogP) is 3.96. The van der Waals surface area contributed by atoms with Crippen molar-refractivity contribution in [2.75, 3.05) is 45.2 Å². The summed E-state index contributed by atoms with van der Waals surface area (Å²) in [5.41, 5.74) is 1.16. The van der Waals surface area contributed by atoms with Crippen LogP contribution in [0.3, 0.4) is 0 Å². The normalized spacial score (nSPS) is 19.4. The summed E-state index contributed by atoms with van der Waals surface area (Å²) in [7, 11) is 0.190. The number of carbonyl (C=O) groups excluding carboxylic acids is 1. The summed E-state index contributed by atoms with van der Waals surface area (Å²) < 4.78 is 34.3. The van der Waals surface area contributed by atoms with Crippen LogP contribution in [0.15, 0.2) is 47.4 Å². The molecule has 2 aromatic carbocycles. The summed E-state index contributed by atoms with van der Waals surface area (Å²) in [4.78, 5) is 21.9. The van der Waals surface area contributed by atoms with Crippen LogP contribution in [0.25, 0.3) is 10.2 Å². The molecule has 2 heterocycles. The van der Waals surface area contributed by atoms with E-state index < -0.39 is 10.0 Å². The maximum absolute atomic E-state index is 13.5. The Balaban J connectivity index is 1.60. The maximum Gasteiger partial charge on any atom is 0.260 e. The molecule has 1 amide bonds. The fourth-order valence-electron chi connectivity index (χ4n) is 3.99. The van der Waals surface area contributed by atoms with Crippen molar-refractivity contribution in [3.8, 4) is 0 Å². The minimum absolute atomic E-state index is 0.157. The van der Waals surface area contributed by atoms with Gasteiger partial charge in [0.1, 0.15) is 0 Å². The third-order valence-corrected chi connectivity index (χ3v) is 8.83. The second-order valence-electron chi connectivity index (χ2n) is 8.97. The van der Waals surface area contributed by atoms with E-state index in [1.807, 2.05) is 45.0 Å². The van der Waals surface area contributed by atoms with Crippen LogP contribution < -0.4 is 4.90 Å². The Kier molecular flexibility index (Phi) is 7.80. The first-order valence-electron chi connectivity index (χ1n) is 11.3. The molecule has 1 aliphatic rings. The molecule has 2 atom stereocenters. The van der Waals surface area contributed by atoms with Gasteiger partial charge >= 0.3 is 0 Å². The summed E-state index contributed by atoms with van der Waals surface area (Å²) in [6.07, 6.45) is -0.355. The van der Waals surface area contributed by atoms with Gasteiger partial charge < -0.3 is 9.64 Å². The van der Waals surface area contributed by atoms with Crippen LogP contribution in [-0.4, -0.2) is 81.0 Å². The Morgan fingerprint density at radius 2 is 1.77 bits per heavy atom. The molecule has 0 bridgehead atoms. The maximum atomic E-state index is 13.5. The van der Waals surface area contributed by atoms with Crippen molar-refractivity contribution in [3.05, 3.63) is 53.1 Å². The first kappa shape index (κ1) is 26.0. The van der Waals surface area contributed by atoms with E-state index in [0.717, 1.165) is 10.2 Å². The lowest BCUT2D eigenvalue weighted by Crippen LogP contribution is -2.48. The van der Waals surface area contributed by atoms with E-state index in [1.54, 1.807) is 23.1 Å². The highest BCUT2D eigenvalue weighted by molar-refractivity contribution is 7.89. The third-order valence-electron chi connectivity index (χ3n) is 5.71. The summed E-state index contributed by atoms with van der Waals surface area (Å²) >= 11 is 7.52. The molecule has 8 nitrogen and oxygen atoms in total. The van der Waals surface area contributed by atoms with Crippen LogP contribution in [0.1, 0.15) is 24.2 Å². The molecule has 0 spiro atoms. The first-order valence-corrected chi connectivity index (χ1v) is 14.0. The number of sulfonamides is 1.